The minimum Gasteiger partial charge on any atom is -0.368 e. The maximum absolute atomic E-state index is 12.8. The Bertz CT molecular complexity index is 728. The molecule has 1 aliphatic rings. The van der Waals surface area contributed by atoms with Crippen molar-refractivity contribution in [2.45, 2.75) is 84.6 Å². The molecule has 10 nitrogen and oxygen atoms in total. The van der Waals surface area contributed by atoms with E-state index in [4.69, 9.17) is 10.2 Å². The Hall–Kier alpha value is -2.59. The quantitative estimate of drug-likeness (QED) is 0.155. The molecule has 0 bridgehead atoms. The van der Waals surface area contributed by atoms with E-state index in [9.17, 15) is 24.0 Å². The molecule has 4 amide bonds. The molecule has 0 fully saturated rings. The van der Waals surface area contributed by atoms with Crippen molar-refractivity contribution < 1.29 is 34.2 Å². The molecule has 4 N–H and O–H groups in total. The third kappa shape index (κ3) is 9.83. The van der Waals surface area contributed by atoms with Crippen molar-refractivity contribution in [2.24, 2.45) is 11.8 Å². The van der Waals surface area contributed by atoms with E-state index in [1.165, 1.54) is 12.2 Å². The molecule has 0 aliphatic carbocycles. The van der Waals surface area contributed by atoms with Crippen LogP contribution < -0.4 is 10.6 Å². The fraction of sp³-hybridized carbons (Fsp3) is 0.696. The number of hydrogen-bond donors (Lipinski definition) is 4. The van der Waals surface area contributed by atoms with Crippen LogP contribution in [0.25, 0.3) is 0 Å². The van der Waals surface area contributed by atoms with E-state index in [2.05, 4.69) is 10.6 Å². The van der Waals surface area contributed by atoms with E-state index >= 15 is 0 Å². The van der Waals surface area contributed by atoms with E-state index in [1.54, 1.807) is 27.7 Å². The summed E-state index contributed by atoms with van der Waals surface area (Å²) in [6, 6.07) is -1.71. The van der Waals surface area contributed by atoms with Gasteiger partial charge in [-0.05, 0) is 25.2 Å². The molecule has 1 heterocycles. The van der Waals surface area contributed by atoms with E-state index in [0.717, 1.165) is 4.90 Å². The summed E-state index contributed by atoms with van der Waals surface area (Å²) in [6.07, 6.45) is 2.84. The predicted octanol–water partition coefficient (Wildman–Crippen LogP) is 0.413. The molecule has 0 unspecified atom stereocenters. The van der Waals surface area contributed by atoms with E-state index in [-0.39, 0.29) is 54.6 Å². The molecular formula is C23H37N3O7. The SMILES string of the molecule is CC(C)C(=O)[C@H](CCC(O)O)NC(=O)[C@@H](NC(=O)CCCCCN1C(=O)C=CC1=O)C(C)C. The molecule has 2 atom stereocenters. The molecule has 0 saturated carbocycles. The second-order valence-corrected chi connectivity index (χ2v) is 8.94. The van der Waals surface area contributed by atoms with Crippen LogP contribution in [0.4, 0.5) is 0 Å². The highest BCUT2D eigenvalue weighted by Gasteiger charge is 2.29. The van der Waals surface area contributed by atoms with Gasteiger partial charge in [0.15, 0.2) is 12.1 Å². The monoisotopic (exact) mass is 467 g/mol. The van der Waals surface area contributed by atoms with Gasteiger partial charge >= 0.3 is 0 Å². The summed E-state index contributed by atoms with van der Waals surface area (Å²) in [4.78, 5) is 61.8. The Labute approximate surface area is 194 Å². The maximum atomic E-state index is 12.8. The molecule has 10 heteroatoms. The number of carbonyl (C=O) groups excluding carboxylic acids is 5. The first-order valence-corrected chi connectivity index (χ1v) is 11.5. The Morgan fingerprint density at radius 3 is 2.03 bits per heavy atom. The van der Waals surface area contributed by atoms with Crippen LogP contribution >= 0.6 is 0 Å². The predicted molar refractivity (Wildman–Crippen MR) is 120 cm³/mol. The maximum Gasteiger partial charge on any atom is 0.253 e. The number of imide groups is 1. The number of rotatable bonds is 15. The molecule has 33 heavy (non-hydrogen) atoms. The van der Waals surface area contributed by atoms with Crippen molar-refractivity contribution in [1.29, 1.82) is 0 Å². The van der Waals surface area contributed by atoms with Gasteiger partial charge in [0, 0.05) is 37.5 Å². The van der Waals surface area contributed by atoms with Crippen molar-refractivity contribution in [3.63, 3.8) is 0 Å². The molecular weight excluding hydrogens is 430 g/mol. The number of Topliss-reactive ketones (excluding diaryl/α,β-unsaturated/α-hetero) is 1. The zero-order valence-corrected chi connectivity index (χ0v) is 19.9. The Morgan fingerprint density at radius 2 is 1.52 bits per heavy atom. The third-order valence-corrected chi connectivity index (χ3v) is 5.39. The highest BCUT2D eigenvalue weighted by molar-refractivity contribution is 6.12. The highest BCUT2D eigenvalue weighted by atomic mass is 16.5. The molecule has 0 radical (unpaired) electrons. The van der Waals surface area contributed by atoms with Crippen LogP contribution in [0.5, 0.6) is 0 Å². The smallest absolute Gasteiger partial charge is 0.253 e. The highest BCUT2D eigenvalue weighted by Crippen LogP contribution is 2.11. The molecule has 0 aromatic carbocycles. The minimum atomic E-state index is -1.58. The Balaban J connectivity index is 2.52. The summed E-state index contributed by atoms with van der Waals surface area (Å²) in [5.74, 6) is -2.26. The zero-order chi connectivity index (χ0) is 25.1. The van der Waals surface area contributed by atoms with Gasteiger partial charge in [-0.2, -0.15) is 0 Å². The van der Waals surface area contributed by atoms with Gasteiger partial charge in [-0.1, -0.05) is 34.1 Å². The summed E-state index contributed by atoms with van der Waals surface area (Å²) in [7, 11) is 0. The van der Waals surface area contributed by atoms with Gasteiger partial charge in [0.1, 0.15) is 6.04 Å². The Kier molecular flexibility index (Phi) is 11.9. The number of nitrogens with zero attached hydrogens (tertiary/aromatic N) is 1. The van der Waals surface area contributed by atoms with Gasteiger partial charge in [-0.25, -0.2) is 0 Å². The summed E-state index contributed by atoms with van der Waals surface area (Å²) >= 11 is 0. The molecule has 0 aromatic rings. The third-order valence-electron chi connectivity index (χ3n) is 5.39. The lowest BCUT2D eigenvalue weighted by Gasteiger charge is -2.26. The van der Waals surface area contributed by atoms with Crippen LogP contribution in [0, 0.1) is 11.8 Å². The lowest BCUT2D eigenvalue weighted by molar-refractivity contribution is -0.137. The standard InChI is InChI=1S/C23H37N3O7/c1-14(2)21(23(33)24-16(9-12-20(30)31)22(32)15(3)4)25-17(27)8-6-5-7-13-26-18(28)10-11-19(26)29/h10-11,14-16,20-21,30-31H,5-9,12-13H2,1-4H3,(H,24,33)(H,25,27)/t16-,21-/m0/s1. The fourth-order valence-corrected chi connectivity index (χ4v) is 3.43. The first-order chi connectivity index (χ1) is 15.4. The number of unbranched alkanes of at least 4 members (excludes halogenated alkanes) is 2. The van der Waals surface area contributed by atoms with Gasteiger partial charge in [0.25, 0.3) is 11.8 Å². The normalized spacial score (nSPS) is 15.5. The van der Waals surface area contributed by atoms with Crippen LogP contribution in [0.3, 0.4) is 0 Å². The fourth-order valence-electron chi connectivity index (χ4n) is 3.43. The minimum absolute atomic E-state index is 0.0627. The van der Waals surface area contributed by atoms with Crippen LogP contribution in [-0.4, -0.2) is 69.4 Å². The lowest BCUT2D eigenvalue weighted by atomic mass is 9.96. The average Bonchev–Trinajstić information content (AvgIpc) is 3.05. The summed E-state index contributed by atoms with van der Waals surface area (Å²) < 4.78 is 0. The largest absolute Gasteiger partial charge is 0.368 e. The number of nitrogens with one attached hydrogen (secondary N) is 2. The van der Waals surface area contributed by atoms with Gasteiger partial charge < -0.3 is 20.8 Å². The van der Waals surface area contributed by atoms with Crippen molar-refractivity contribution in [1.82, 2.24) is 15.5 Å². The second-order valence-electron chi connectivity index (χ2n) is 8.94. The van der Waals surface area contributed by atoms with Crippen LogP contribution in [0.2, 0.25) is 0 Å². The molecule has 1 rings (SSSR count). The Morgan fingerprint density at radius 1 is 0.909 bits per heavy atom. The van der Waals surface area contributed by atoms with Gasteiger partial charge in [0.05, 0.1) is 6.04 Å². The van der Waals surface area contributed by atoms with E-state index in [1.807, 2.05) is 0 Å². The number of aliphatic hydroxyl groups is 2. The van der Waals surface area contributed by atoms with Gasteiger partial charge in [0.2, 0.25) is 11.8 Å². The number of amides is 4. The summed E-state index contributed by atoms with van der Waals surface area (Å²) in [5, 5.41) is 23.6. The molecule has 1 aliphatic heterocycles. The van der Waals surface area contributed by atoms with Crippen LogP contribution in [-0.2, 0) is 24.0 Å². The van der Waals surface area contributed by atoms with Crippen LogP contribution in [0.1, 0.15) is 66.2 Å². The number of hydrogen-bond acceptors (Lipinski definition) is 7. The zero-order valence-electron chi connectivity index (χ0n) is 19.9. The summed E-state index contributed by atoms with van der Waals surface area (Å²) in [5.41, 5.74) is 0. The lowest BCUT2D eigenvalue weighted by Crippen LogP contribution is -2.54. The average molecular weight is 468 g/mol. The summed E-state index contributed by atoms with van der Waals surface area (Å²) in [6.45, 7) is 7.26. The number of ketones is 1. The van der Waals surface area contributed by atoms with E-state index in [0.29, 0.717) is 25.8 Å². The van der Waals surface area contributed by atoms with Gasteiger partial charge in [-0.3, -0.25) is 28.9 Å². The van der Waals surface area contributed by atoms with Gasteiger partial charge in [-0.15, -0.1) is 0 Å². The molecule has 186 valence electrons. The number of aliphatic hydroxyl groups excluding tert-OH is 1. The van der Waals surface area contributed by atoms with Crippen molar-refractivity contribution >= 4 is 29.4 Å². The van der Waals surface area contributed by atoms with Crippen molar-refractivity contribution in [2.75, 3.05) is 6.54 Å². The topological polar surface area (TPSA) is 153 Å². The first-order valence-electron chi connectivity index (χ1n) is 11.5. The number of carbonyl (C=O) groups is 5. The molecule has 0 saturated heterocycles. The van der Waals surface area contributed by atoms with Crippen molar-refractivity contribution in [3.8, 4) is 0 Å². The molecule has 0 spiro atoms. The van der Waals surface area contributed by atoms with Crippen molar-refractivity contribution in [3.05, 3.63) is 12.2 Å². The second kappa shape index (κ2) is 13.8. The van der Waals surface area contributed by atoms with E-state index < -0.39 is 24.3 Å². The first kappa shape index (κ1) is 28.4. The van der Waals surface area contributed by atoms with Crippen LogP contribution in [0.15, 0.2) is 12.2 Å². The molecule has 0 aromatic heterocycles.